The molecule has 4 aliphatic carbocycles. The third-order valence-corrected chi connectivity index (χ3v) is 47.0. The second-order valence-corrected chi connectivity index (χ2v) is 63.8. The van der Waals surface area contributed by atoms with Crippen LogP contribution in [0.2, 0.25) is 25.7 Å². The Kier molecular flexibility index (Phi) is 41.6. The van der Waals surface area contributed by atoms with E-state index in [2.05, 4.69) is 380 Å². The van der Waals surface area contributed by atoms with E-state index in [1.54, 1.807) is 17.4 Å². The van der Waals surface area contributed by atoms with Crippen molar-refractivity contribution in [3.8, 4) is 0 Å². The molecule has 13 aromatic rings. The van der Waals surface area contributed by atoms with Crippen LogP contribution in [0.25, 0.3) is 0 Å². The molecular formula is C130H157FeO9P5Si. The SMILES string of the molecule is CC(C)(C)P(C1CCCC1)C(C)(C)C.CC12CC3(C)OC(C)(CC(C)(O1)P3c1ccccc1)O2.C[Si](C)(C)CCOC(=O)c1ccc(P(c2ccccc2)c2ccccc2)cc1.O=C(O)c1ccc(P(c2ccccc2)c2ccccc2)cc1.[CH3-].[CH3-].[Fe+2].c1ccc(C2C(c3ccccc3)C(c3ccccc3)C(c3ccccc3)C2c2ccccc2)cc1.c1ccc(P(C2CCCCC2)C2CCCCC2)c(C2OCCO2)c1. The quantitative estimate of drug-likeness (QED) is 0.0307. The van der Waals surface area contributed by atoms with Crippen LogP contribution in [0.3, 0.4) is 0 Å². The molecule has 5 heterocycles. The molecule has 5 aliphatic heterocycles. The van der Waals surface area contributed by atoms with Crippen LogP contribution in [-0.2, 0) is 45.5 Å². The maximum atomic E-state index is 12.4. The van der Waals surface area contributed by atoms with E-state index in [0.717, 1.165) is 54.4 Å². The number of esters is 1. The molecule has 9 fully saturated rings. The van der Waals surface area contributed by atoms with Crippen LogP contribution in [0.15, 0.2) is 376 Å². The van der Waals surface area contributed by atoms with E-state index in [-0.39, 0.29) is 70.7 Å². The molecule has 13 aromatic carbocycles. The van der Waals surface area contributed by atoms with E-state index in [9.17, 15) is 9.59 Å². The van der Waals surface area contributed by atoms with Crippen molar-refractivity contribution < 1.29 is 60.2 Å². The van der Waals surface area contributed by atoms with Crippen molar-refractivity contribution in [3.63, 3.8) is 0 Å². The second-order valence-electron chi connectivity index (χ2n) is 43.8. The first-order chi connectivity index (χ1) is 69.0. The molecule has 4 atom stereocenters. The summed E-state index contributed by atoms with van der Waals surface area (Å²) in [6.45, 7) is 32.1. The van der Waals surface area contributed by atoms with Gasteiger partial charge in [-0.1, -0.05) is 480 Å². The summed E-state index contributed by atoms with van der Waals surface area (Å²) in [6, 6.07) is 134. The summed E-state index contributed by atoms with van der Waals surface area (Å²) in [7, 11) is -3.01. The monoisotopic (exact) mass is 2100 g/mol. The van der Waals surface area contributed by atoms with Gasteiger partial charge in [0.15, 0.2) is 17.9 Å². The van der Waals surface area contributed by atoms with Crippen LogP contribution in [0.4, 0.5) is 0 Å². The van der Waals surface area contributed by atoms with E-state index in [4.69, 9.17) is 33.5 Å². The van der Waals surface area contributed by atoms with Crippen molar-refractivity contribution in [2.45, 2.75) is 283 Å². The second kappa shape index (κ2) is 53.0. The summed E-state index contributed by atoms with van der Waals surface area (Å²) in [5.74, 6) is -0.356. The number of rotatable bonds is 22. The van der Waals surface area contributed by atoms with Gasteiger partial charge < -0.3 is 48.4 Å². The zero-order valence-corrected chi connectivity index (χ0v) is 95.5. The first-order valence-electron chi connectivity index (χ1n) is 52.5. The van der Waals surface area contributed by atoms with E-state index >= 15 is 0 Å². The molecule has 0 amide bonds. The number of carbonyl (C=O) groups excluding carboxylic acids is 1. The van der Waals surface area contributed by atoms with Gasteiger partial charge in [-0.25, -0.2) is 9.59 Å². The Morgan fingerprint density at radius 2 is 0.644 bits per heavy atom. The first kappa shape index (κ1) is 115. The maximum absolute atomic E-state index is 12.4. The van der Waals surface area contributed by atoms with Crippen molar-refractivity contribution in [1.29, 1.82) is 0 Å². The minimum Gasteiger partial charge on any atom is -0.478 e. The average molecular weight is 2100 g/mol. The number of hydrogen-bond acceptors (Lipinski definition) is 8. The fourth-order valence-corrected chi connectivity index (χ4v) is 43.0. The van der Waals surface area contributed by atoms with Crippen molar-refractivity contribution in [2.24, 2.45) is 0 Å². The number of aromatic carboxylic acids is 1. The van der Waals surface area contributed by atoms with Crippen LogP contribution in [-0.4, -0.2) is 94.5 Å². The molecule has 0 radical (unpaired) electrons. The first-order valence-corrected chi connectivity index (χ1v) is 63.2. The minimum absolute atomic E-state index is 0. The van der Waals surface area contributed by atoms with Gasteiger partial charge in [-0.15, -0.1) is 0 Å². The molecule has 16 heteroatoms. The Morgan fingerprint density at radius 3 is 0.959 bits per heavy atom. The van der Waals surface area contributed by atoms with Gasteiger partial charge in [-0.05, 0) is 247 Å². The van der Waals surface area contributed by atoms with Crippen molar-refractivity contribution in [2.75, 3.05) is 19.8 Å². The molecule has 146 heavy (non-hydrogen) atoms. The van der Waals surface area contributed by atoms with Gasteiger partial charge in [0.2, 0.25) is 0 Å². The largest absolute Gasteiger partial charge is 2.00 e. The van der Waals surface area contributed by atoms with Gasteiger partial charge >= 0.3 is 29.0 Å². The Labute approximate surface area is 893 Å². The molecule has 768 valence electrons. The summed E-state index contributed by atoms with van der Waals surface area (Å²) in [5.41, 5.74) is 12.3. The fraction of sp³-hybridized carbons (Fsp3) is 0.369. The minimum atomic E-state index is -1.20. The van der Waals surface area contributed by atoms with Gasteiger partial charge in [0, 0.05) is 26.5 Å². The fourth-order valence-electron chi connectivity index (χ4n) is 24.6. The van der Waals surface area contributed by atoms with Gasteiger partial charge in [0.1, 0.15) is 0 Å². The maximum Gasteiger partial charge on any atom is 2.00 e. The number of carboxylic acids is 1. The Hall–Kier alpha value is -8.51. The predicted molar refractivity (Wildman–Crippen MR) is 624 cm³/mol. The van der Waals surface area contributed by atoms with Crippen molar-refractivity contribution >= 4 is 102 Å². The molecule has 0 spiro atoms. The molecule has 5 saturated heterocycles. The molecule has 9 nitrogen and oxygen atoms in total. The van der Waals surface area contributed by atoms with Crippen LogP contribution >= 0.6 is 39.6 Å². The van der Waals surface area contributed by atoms with E-state index in [1.807, 2.05) is 72.8 Å². The normalized spacial score (nSPS) is 22.8. The molecule has 22 rings (SSSR count). The van der Waals surface area contributed by atoms with Crippen LogP contribution in [0.1, 0.15) is 262 Å². The standard InChI is InChI=1S/C35H30.C24H27O2PSi.C21H31O2P.C19H15O2P.C16H21O3P.C13H27P.2CH3.Fe/c1-6-16-26(17-7-1)31-32(27-18-8-2-9-19-27)34(29-22-12-4-13-23-29)35(30-24-14-5-15-25-30)33(31)28-20-10-3-11-21-28;1-28(2,3)19-18-26-24(25)20-14-16-23(17-15-20)27(21-10-6-4-7-11-21)22-12-8-5-9-13-22;1-3-9-17(10-4-1)24(18-11-5-2-6-12-18)20-14-8-7-13-19(20)21-22-15-16-23-21;20-19(21)15-11-13-18(14-12-15)22(16-7-3-1-4-8-16)17-9-5-2-6-10-17;1-13-10-15(3)19-14(2,17-13)11-16(4,18-13)20(15)12-8-6-5-7-9-12;1-12(2,3)14(13(4,5)6)11-9-7-8-10-11;;;/h1-25,31-35H;4-17H,18-19H2,1-3H3;7-8,13-14,17-18,21H,1-6,9-12,15-16H2;1-14H,(H,20,21);5-9H,10-11H2,1-4H3;11H,7-10H2,1-6H3;2*1H3;/q;;;;;;2*-1;+2. The van der Waals surface area contributed by atoms with Crippen LogP contribution in [0, 0.1) is 14.9 Å². The molecule has 0 aromatic heterocycles. The summed E-state index contributed by atoms with van der Waals surface area (Å²) < 4.78 is 36.2. The zero-order chi connectivity index (χ0) is 100. The van der Waals surface area contributed by atoms with E-state index < -0.39 is 49.4 Å². The number of carbonyl (C=O) groups is 2. The van der Waals surface area contributed by atoms with Gasteiger partial charge in [-0.2, -0.15) is 0 Å². The Morgan fingerprint density at radius 1 is 0.363 bits per heavy atom. The number of ether oxygens (including phenoxy) is 6. The molecule has 4 bridgehead atoms. The number of carboxylic acid groups (broad SMARTS) is 1. The number of benzene rings is 13. The van der Waals surface area contributed by atoms with Crippen LogP contribution in [0.5, 0.6) is 0 Å². The van der Waals surface area contributed by atoms with E-state index in [0.29, 0.717) is 57.6 Å². The van der Waals surface area contributed by atoms with Gasteiger partial charge in [0.05, 0.1) is 41.6 Å². The number of hydrogen-bond donors (Lipinski definition) is 1. The molecule has 9 aliphatic rings. The molecule has 4 saturated carbocycles. The summed E-state index contributed by atoms with van der Waals surface area (Å²) in [4.78, 5) is 23.4. The third-order valence-electron chi connectivity index (χ3n) is 29.5. The summed E-state index contributed by atoms with van der Waals surface area (Å²) in [5, 5.41) is 20.2. The van der Waals surface area contributed by atoms with E-state index in [1.165, 1.54) is 155 Å². The molecule has 4 unspecified atom stereocenters. The van der Waals surface area contributed by atoms with Gasteiger partial charge in [0.25, 0.3) is 0 Å². The Bertz CT molecular complexity index is 5650. The Balaban J connectivity index is 0.000000149. The predicted octanol–water partition coefficient (Wildman–Crippen LogP) is 31.9. The zero-order valence-electron chi connectivity index (χ0n) is 88.9. The summed E-state index contributed by atoms with van der Waals surface area (Å²) in [6.07, 6.45) is 21.9. The van der Waals surface area contributed by atoms with Gasteiger partial charge in [-0.3, -0.25) is 0 Å². The summed E-state index contributed by atoms with van der Waals surface area (Å²) >= 11 is 0. The van der Waals surface area contributed by atoms with Crippen molar-refractivity contribution in [1.82, 2.24) is 0 Å². The van der Waals surface area contributed by atoms with Crippen molar-refractivity contribution in [3.05, 3.63) is 435 Å². The molecular weight excluding hydrogens is 1940 g/mol. The smallest absolute Gasteiger partial charge is 0.478 e. The average Bonchev–Trinajstić information content (AvgIpc) is 0.853. The molecule has 1 N–H and O–H groups in total. The topological polar surface area (TPSA) is 110 Å². The third kappa shape index (κ3) is 29.2. The van der Waals surface area contributed by atoms with Crippen LogP contribution < -0.4 is 42.4 Å².